The average molecular weight is 403 g/mol. The average Bonchev–Trinajstić information content (AvgIpc) is 3.40. The van der Waals surface area contributed by atoms with Crippen LogP contribution in [0.1, 0.15) is 25.1 Å². The normalized spacial score (nSPS) is 18.8. The van der Waals surface area contributed by atoms with Gasteiger partial charge in [-0.1, -0.05) is 5.21 Å². The summed E-state index contributed by atoms with van der Waals surface area (Å²) in [6, 6.07) is 9.63. The van der Waals surface area contributed by atoms with Gasteiger partial charge >= 0.3 is 0 Å². The summed E-state index contributed by atoms with van der Waals surface area (Å²) in [7, 11) is 1.60. The molecule has 1 fully saturated rings. The molecule has 4 aromatic rings. The summed E-state index contributed by atoms with van der Waals surface area (Å²) in [5, 5.41) is 9.44. The summed E-state index contributed by atoms with van der Waals surface area (Å²) in [5.74, 6) is 1.43. The van der Waals surface area contributed by atoms with E-state index in [2.05, 4.69) is 20.3 Å². The van der Waals surface area contributed by atoms with Crippen molar-refractivity contribution in [3.8, 4) is 11.6 Å². The van der Waals surface area contributed by atoms with Crippen LogP contribution in [-0.4, -0.2) is 43.0 Å². The highest BCUT2D eigenvalue weighted by Gasteiger charge is 2.29. The number of methoxy groups -OCH3 is 1. The summed E-state index contributed by atoms with van der Waals surface area (Å²) >= 11 is 0. The van der Waals surface area contributed by atoms with Crippen molar-refractivity contribution in [1.82, 2.24) is 29.9 Å². The van der Waals surface area contributed by atoms with E-state index < -0.39 is 0 Å². The molecule has 1 aliphatic carbocycles. The molecule has 1 amide bonds. The van der Waals surface area contributed by atoms with Gasteiger partial charge in [-0.05, 0) is 49.4 Å². The number of carbonyl (C=O) groups excluding carboxylic acids is 1. The van der Waals surface area contributed by atoms with Gasteiger partial charge in [-0.3, -0.25) is 4.79 Å². The van der Waals surface area contributed by atoms with Crippen molar-refractivity contribution >= 4 is 28.0 Å². The Morgan fingerprint density at radius 1 is 1.20 bits per heavy atom. The third-order valence-corrected chi connectivity index (χ3v) is 5.76. The number of ether oxygens (including phenoxy) is 1. The second-order valence-corrected chi connectivity index (χ2v) is 7.71. The molecule has 1 saturated carbocycles. The number of nitrogens with two attached hydrogens (primary N) is 1. The van der Waals surface area contributed by atoms with E-state index in [-0.39, 0.29) is 11.8 Å². The van der Waals surface area contributed by atoms with Gasteiger partial charge < -0.3 is 10.5 Å². The van der Waals surface area contributed by atoms with Crippen molar-refractivity contribution in [1.29, 1.82) is 0 Å². The van der Waals surface area contributed by atoms with Gasteiger partial charge in [0.25, 0.3) is 0 Å². The molecule has 2 atom stereocenters. The number of fused-ring (bicyclic) bond motifs is 2. The first kappa shape index (κ1) is 18.4. The van der Waals surface area contributed by atoms with E-state index in [1.54, 1.807) is 18.0 Å². The Morgan fingerprint density at radius 3 is 2.90 bits per heavy atom. The van der Waals surface area contributed by atoms with Crippen molar-refractivity contribution < 1.29 is 9.53 Å². The minimum absolute atomic E-state index is 0.0317. The Labute approximate surface area is 172 Å². The van der Waals surface area contributed by atoms with Gasteiger partial charge in [0, 0.05) is 23.8 Å². The van der Waals surface area contributed by atoms with E-state index in [0.717, 1.165) is 41.7 Å². The topological polar surface area (TPSA) is 122 Å². The van der Waals surface area contributed by atoms with Crippen LogP contribution in [-0.2, 0) is 11.2 Å². The molecule has 0 aliphatic heterocycles. The molecule has 1 aromatic carbocycles. The molecule has 0 unspecified atom stereocenters. The number of nitrogens with zero attached hydrogens (tertiary/aromatic N) is 6. The van der Waals surface area contributed by atoms with Crippen LogP contribution >= 0.6 is 0 Å². The van der Waals surface area contributed by atoms with Crippen molar-refractivity contribution in [3.63, 3.8) is 0 Å². The molecular weight excluding hydrogens is 382 g/mol. The largest absolute Gasteiger partial charge is 0.481 e. The number of hydrogen-bond acceptors (Lipinski definition) is 7. The summed E-state index contributed by atoms with van der Waals surface area (Å²) in [5.41, 5.74) is 8.42. The molecule has 9 nitrogen and oxygen atoms in total. The summed E-state index contributed by atoms with van der Waals surface area (Å²) < 4.78 is 6.90. The molecule has 0 bridgehead atoms. The van der Waals surface area contributed by atoms with Crippen LogP contribution in [0, 0.1) is 11.8 Å². The van der Waals surface area contributed by atoms with Crippen molar-refractivity contribution in [2.24, 2.45) is 17.6 Å². The molecule has 0 saturated heterocycles. The lowest BCUT2D eigenvalue weighted by molar-refractivity contribution is -0.121. The Kier molecular flexibility index (Phi) is 4.50. The van der Waals surface area contributed by atoms with E-state index in [9.17, 15) is 4.79 Å². The maximum absolute atomic E-state index is 11.4. The van der Waals surface area contributed by atoms with E-state index in [1.165, 1.54) is 0 Å². The number of hydrogen-bond donors (Lipinski definition) is 1. The molecule has 30 heavy (non-hydrogen) atoms. The Hall–Kier alpha value is -3.62. The monoisotopic (exact) mass is 403 g/mol. The quantitative estimate of drug-likeness (QED) is 0.542. The number of aromatic nitrogens is 6. The zero-order valence-electron chi connectivity index (χ0n) is 16.5. The number of primary amides is 1. The van der Waals surface area contributed by atoms with Crippen LogP contribution in [0.25, 0.3) is 27.8 Å². The van der Waals surface area contributed by atoms with Crippen molar-refractivity contribution in [3.05, 3.63) is 42.4 Å². The smallest absolute Gasteiger partial charge is 0.220 e. The van der Waals surface area contributed by atoms with E-state index in [0.29, 0.717) is 29.4 Å². The van der Waals surface area contributed by atoms with Crippen LogP contribution in [0.2, 0.25) is 0 Å². The maximum atomic E-state index is 11.4. The lowest BCUT2D eigenvalue weighted by Gasteiger charge is -2.09. The number of pyridine rings is 1. The highest BCUT2D eigenvalue weighted by molar-refractivity contribution is 5.82. The minimum Gasteiger partial charge on any atom is -0.481 e. The number of rotatable bonds is 5. The fraction of sp³-hybridized carbons (Fsp3) is 0.333. The second kappa shape index (κ2) is 7.33. The van der Waals surface area contributed by atoms with Crippen LogP contribution in [0.15, 0.2) is 36.5 Å². The highest BCUT2D eigenvalue weighted by atomic mass is 16.5. The number of amides is 1. The van der Waals surface area contributed by atoms with Gasteiger partial charge in [-0.15, -0.1) is 5.10 Å². The first-order valence-electron chi connectivity index (χ1n) is 9.92. The van der Waals surface area contributed by atoms with Gasteiger partial charge in [0.2, 0.25) is 11.8 Å². The SMILES string of the molecule is COc1ccc2cc(-n3nnc4cnc(C[C@@H]5CC[C@@H](C(N)=O)C5)nc43)ccc2n1. The van der Waals surface area contributed by atoms with Gasteiger partial charge in [0.15, 0.2) is 11.2 Å². The van der Waals surface area contributed by atoms with E-state index in [1.807, 2.05) is 30.3 Å². The Bertz CT molecular complexity index is 1250. The van der Waals surface area contributed by atoms with Crippen LogP contribution in [0.4, 0.5) is 0 Å². The maximum Gasteiger partial charge on any atom is 0.220 e. The molecule has 9 heteroatoms. The third kappa shape index (κ3) is 3.32. The lowest BCUT2D eigenvalue weighted by Crippen LogP contribution is -2.21. The van der Waals surface area contributed by atoms with Crippen LogP contribution in [0.3, 0.4) is 0 Å². The molecule has 3 heterocycles. The molecule has 3 aromatic heterocycles. The van der Waals surface area contributed by atoms with E-state index >= 15 is 0 Å². The molecule has 2 N–H and O–H groups in total. The Morgan fingerprint density at radius 2 is 2.10 bits per heavy atom. The standard InChI is InChI=1S/C21H21N7O2/c1-30-19-7-4-13-10-15(5-6-16(13)24-19)28-21-17(26-27-28)11-23-18(25-21)9-12-2-3-14(8-12)20(22)29/h4-7,10-12,14H,2-3,8-9H2,1H3,(H2,22,29)/t12-,14-/m1/s1. The van der Waals surface area contributed by atoms with Gasteiger partial charge in [-0.25, -0.2) is 15.0 Å². The van der Waals surface area contributed by atoms with E-state index in [4.69, 9.17) is 15.5 Å². The van der Waals surface area contributed by atoms with Crippen LogP contribution in [0.5, 0.6) is 5.88 Å². The van der Waals surface area contributed by atoms with Gasteiger partial charge in [0.05, 0.1) is 24.5 Å². The fourth-order valence-corrected chi connectivity index (χ4v) is 4.15. The molecule has 1 aliphatic rings. The summed E-state index contributed by atoms with van der Waals surface area (Å²) in [6.07, 6.45) is 5.03. The zero-order valence-corrected chi connectivity index (χ0v) is 16.5. The summed E-state index contributed by atoms with van der Waals surface area (Å²) in [6.45, 7) is 0. The number of carbonyl (C=O) groups is 1. The zero-order chi connectivity index (χ0) is 20.7. The van der Waals surface area contributed by atoms with Crippen molar-refractivity contribution in [2.75, 3.05) is 7.11 Å². The Balaban J connectivity index is 1.46. The number of benzene rings is 1. The lowest BCUT2D eigenvalue weighted by atomic mass is 10.0. The second-order valence-electron chi connectivity index (χ2n) is 7.71. The molecule has 152 valence electrons. The van der Waals surface area contributed by atoms with Crippen molar-refractivity contribution in [2.45, 2.75) is 25.7 Å². The predicted octanol–water partition coefficient (Wildman–Crippen LogP) is 2.21. The summed E-state index contributed by atoms with van der Waals surface area (Å²) in [4.78, 5) is 25.0. The third-order valence-electron chi connectivity index (χ3n) is 5.76. The van der Waals surface area contributed by atoms with Gasteiger partial charge in [0.1, 0.15) is 5.82 Å². The van der Waals surface area contributed by atoms with Crippen LogP contribution < -0.4 is 10.5 Å². The highest BCUT2D eigenvalue weighted by Crippen LogP contribution is 2.32. The van der Waals surface area contributed by atoms with Gasteiger partial charge in [-0.2, -0.15) is 4.68 Å². The first-order chi connectivity index (χ1) is 14.6. The predicted molar refractivity (Wildman–Crippen MR) is 110 cm³/mol. The fourth-order valence-electron chi connectivity index (χ4n) is 4.15. The molecule has 0 radical (unpaired) electrons. The minimum atomic E-state index is -0.209. The molecular formula is C21H21N7O2. The molecule has 5 rings (SSSR count). The first-order valence-corrected chi connectivity index (χ1v) is 9.92. The molecule has 0 spiro atoms.